The summed E-state index contributed by atoms with van der Waals surface area (Å²) in [7, 11) is 0. The van der Waals surface area contributed by atoms with Crippen molar-refractivity contribution in [2.75, 3.05) is 26.3 Å². The first-order valence-corrected chi connectivity index (χ1v) is 13.2. The molecule has 40 heavy (non-hydrogen) atoms. The molecule has 0 spiro atoms. The van der Waals surface area contributed by atoms with Gasteiger partial charge < -0.3 is 14.6 Å². The first kappa shape index (κ1) is 26.3. The maximum atomic E-state index is 13.3. The fraction of sp³-hybridized carbons (Fsp3) is 0.345. The van der Waals surface area contributed by atoms with E-state index in [2.05, 4.69) is 15.3 Å². The minimum absolute atomic E-state index is 0.0767. The Balaban J connectivity index is 1.15. The molecule has 6 rings (SSSR count). The monoisotopic (exact) mass is 551 g/mol. The van der Waals surface area contributed by atoms with Crippen molar-refractivity contribution in [1.29, 1.82) is 0 Å². The summed E-state index contributed by atoms with van der Waals surface area (Å²) in [6, 6.07) is 14.1. The number of fused-ring (bicyclic) bond motifs is 1. The Labute approximate surface area is 227 Å². The van der Waals surface area contributed by atoms with Gasteiger partial charge in [0.1, 0.15) is 5.69 Å². The van der Waals surface area contributed by atoms with Crippen LogP contribution in [0.5, 0.6) is 0 Å². The van der Waals surface area contributed by atoms with Gasteiger partial charge in [0.25, 0.3) is 11.5 Å². The normalized spacial score (nSPS) is 17.2. The molecule has 2 aromatic carbocycles. The molecule has 0 unspecified atom stereocenters. The highest BCUT2D eigenvalue weighted by Crippen LogP contribution is 2.36. The molecule has 11 heteroatoms. The molecule has 0 saturated carbocycles. The molecule has 2 fully saturated rings. The van der Waals surface area contributed by atoms with Crippen molar-refractivity contribution in [3.63, 3.8) is 0 Å². The summed E-state index contributed by atoms with van der Waals surface area (Å²) in [5.74, 6) is -0.136. The predicted molar refractivity (Wildman–Crippen MR) is 143 cm³/mol. The van der Waals surface area contributed by atoms with E-state index in [4.69, 9.17) is 4.74 Å². The van der Waals surface area contributed by atoms with Crippen LogP contribution in [0.25, 0.3) is 21.9 Å². The Morgan fingerprint density at radius 2 is 1.90 bits per heavy atom. The molecular formula is C29H28F3N5O3. The van der Waals surface area contributed by atoms with E-state index in [1.165, 1.54) is 16.7 Å². The quantitative estimate of drug-likeness (QED) is 0.377. The number of aromatic amines is 1. The predicted octanol–water partition coefficient (Wildman–Crippen LogP) is 4.05. The summed E-state index contributed by atoms with van der Waals surface area (Å²) in [6.45, 7) is 3.71. The van der Waals surface area contributed by atoms with E-state index in [0.29, 0.717) is 27.9 Å². The molecule has 0 bridgehead atoms. The molecule has 208 valence electrons. The summed E-state index contributed by atoms with van der Waals surface area (Å²) >= 11 is 0. The number of alkyl halides is 3. The SMILES string of the molecule is O=C(NC1CCN(C2COC2)CC1)c1cccc(Cn2ccc3cc(-c4cn[nH]c4C(F)(F)F)ccc3c2=O)c1. The molecule has 8 nitrogen and oxygen atoms in total. The van der Waals surface area contributed by atoms with E-state index < -0.39 is 11.9 Å². The largest absolute Gasteiger partial charge is 0.433 e. The molecule has 4 aromatic rings. The van der Waals surface area contributed by atoms with Gasteiger partial charge in [-0.25, -0.2) is 0 Å². The van der Waals surface area contributed by atoms with Crippen LogP contribution in [0.4, 0.5) is 13.2 Å². The first-order chi connectivity index (χ1) is 19.3. The number of carbonyl (C=O) groups excluding carboxylic acids is 1. The molecule has 1 amide bonds. The zero-order valence-electron chi connectivity index (χ0n) is 21.6. The molecule has 0 radical (unpaired) electrons. The van der Waals surface area contributed by atoms with E-state index >= 15 is 0 Å². The lowest BCUT2D eigenvalue weighted by atomic mass is 10.0. The number of nitrogens with zero attached hydrogens (tertiary/aromatic N) is 3. The van der Waals surface area contributed by atoms with Gasteiger partial charge >= 0.3 is 6.18 Å². The van der Waals surface area contributed by atoms with Crippen LogP contribution in [0.3, 0.4) is 0 Å². The van der Waals surface area contributed by atoms with Gasteiger partial charge in [0, 0.05) is 41.8 Å². The number of rotatable bonds is 6. The lowest BCUT2D eigenvalue weighted by Gasteiger charge is -2.41. The van der Waals surface area contributed by atoms with E-state index in [1.807, 2.05) is 11.2 Å². The number of halogens is 3. The van der Waals surface area contributed by atoms with E-state index in [-0.39, 0.29) is 29.6 Å². The molecular weight excluding hydrogens is 523 g/mol. The highest BCUT2D eigenvalue weighted by atomic mass is 19.4. The van der Waals surface area contributed by atoms with Gasteiger partial charge in [-0.05, 0) is 59.7 Å². The number of H-pyrrole nitrogens is 1. The fourth-order valence-corrected chi connectivity index (χ4v) is 5.42. The smallest absolute Gasteiger partial charge is 0.378 e. The minimum Gasteiger partial charge on any atom is -0.378 e. The number of aromatic nitrogens is 3. The van der Waals surface area contributed by atoms with E-state index in [0.717, 1.165) is 50.9 Å². The minimum atomic E-state index is -4.57. The fourth-order valence-electron chi connectivity index (χ4n) is 5.42. The first-order valence-electron chi connectivity index (χ1n) is 13.2. The molecule has 2 aromatic heterocycles. The Kier molecular flexibility index (Phi) is 6.93. The van der Waals surface area contributed by atoms with Crippen molar-refractivity contribution in [3.05, 3.63) is 88.1 Å². The maximum absolute atomic E-state index is 13.3. The molecule has 2 N–H and O–H groups in total. The number of benzene rings is 2. The van der Waals surface area contributed by atoms with Crippen molar-refractivity contribution in [3.8, 4) is 11.1 Å². The topological polar surface area (TPSA) is 92.2 Å². The number of likely N-dealkylation sites (tertiary alicyclic amines) is 1. The third kappa shape index (κ3) is 5.26. The van der Waals surface area contributed by atoms with Crippen molar-refractivity contribution < 1.29 is 22.7 Å². The molecule has 0 atom stereocenters. The molecule has 0 aliphatic carbocycles. The van der Waals surface area contributed by atoms with Gasteiger partial charge in [-0.2, -0.15) is 18.3 Å². The second-order valence-electron chi connectivity index (χ2n) is 10.4. The van der Waals surface area contributed by atoms with Crippen molar-refractivity contribution in [2.45, 2.75) is 37.6 Å². The number of carbonyl (C=O) groups is 1. The highest BCUT2D eigenvalue weighted by molar-refractivity contribution is 5.94. The number of pyridine rings is 1. The number of ether oxygens (including phenoxy) is 1. The molecule has 2 saturated heterocycles. The van der Waals surface area contributed by atoms with Crippen LogP contribution in [0.1, 0.15) is 34.5 Å². The summed E-state index contributed by atoms with van der Waals surface area (Å²) in [4.78, 5) is 28.6. The molecule has 2 aliphatic rings. The highest BCUT2D eigenvalue weighted by Gasteiger charge is 2.36. The zero-order chi connectivity index (χ0) is 27.9. The van der Waals surface area contributed by atoms with Gasteiger partial charge in [-0.3, -0.25) is 19.6 Å². The lowest BCUT2D eigenvalue weighted by Crippen LogP contribution is -2.54. The van der Waals surface area contributed by atoms with Crippen LogP contribution in [-0.4, -0.2) is 64.0 Å². The summed E-state index contributed by atoms with van der Waals surface area (Å²) in [5.41, 5.74) is 0.355. The van der Waals surface area contributed by atoms with Crippen LogP contribution >= 0.6 is 0 Å². The van der Waals surface area contributed by atoms with Crippen molar-refractivity contribution in [2.24, 2.45) is 0 Å². The number of hydrogen-bond donors (Lipinski definition) is 2. The average molecular weight is 552 g/mol. The Bertz CT molecular complexity index is 1600. The van der Waals surface area contributed by atoms with Crippen molar-refractivity contribution in [1.82, 2.24) is 25.0 Å². The molecule has 4 heterocycles. The Hall–Kier alpha value is -3.96. The van der Waals surface area contributed by atoms with Crippen LogP contribution in [-0.2, 0) is 17.5 Å². The van der Waals surface area contributed by atoms with Crippen LogP contribution < -0.4 is 10.9 Å². The second-order valence-corrected chi connectivity index (χ2v) is 10.4. The van der Waals surface area contributed by atoms with Gasteiger partial charge in [0.05, 0.1) is 32.0 Å². The van der Waals surface area contributed by atoms with Gasteiger partial charge in [0.15, 0.2) is 0 Å². The number of piperidine rings is 1. The molecule has 2 aliphatic heterocycles. The van der Waals surface area contributed by atoms with E-state index in [9.17, 15) is 22.8 Å². The number of nitrogens with one attached hydrogen (secondary N) is 2. The Morgan fingerprint density at radius 1 is 1.10 bits per heavy atom. The second kappa shape index (κ2) is 10.5. The van der Waals surface area contributed by atoms with E-state index in [1.54, 1.807) is 36.5 Å². The average Bonchev–Trinajstić information content (AvgIpc) is 3.42. The number of amides is 1. The van der Waals surface area contributed by atoms with Gasteiger partial charge in [0.2, 0.25) is 0 Å². The lowest BCUT2D eigenvalue weighted by molar-refractivity contribution is -0.140. The third-order valence-electron chi connectivity index (χ3n) is 7.75. The standard InChI is InChI=1S/C29H28F3N5O3/c30-29(31,32)26-25(14-33-35-26)19-4-5-24-20(13-19)6-9-37(28(24)39)15-18-2-1-3-21(12-18)27(38)34-22-7-10-36(11-8-22)23-16-40-17-23/h1-6,9,12-14,22-23H,7-8,10-11,15-17H2,(H,33,35)(H,34,38). The van der Waals surface area contributed by atoms with Crippen LogP contribution in [0, 0.1) is 0 Å². The summed E-state index contributed by atoms with van der Waals surface area (Å²) in [5, 5.41) is 9.61. The summed E-state index contributed by atoms with van der Waals surface area (Å²) < 4.78 is 46.7. The Morgan fingerprint density at radius 3 is 2.62 bits per heavy atom. The number of hydrogen-bond acceptors (Lipinski definition) is 5. The van der Waals surface area contributed by atoms with Crippen LogP contribution in [0.2, 0.25) is 0 Å². The third-order valence-corrected chi connectivity index (χ3v) is 7.75. The van der Waals surface area contributed by atoms with Crippen molar-refractivity contribution >= 4 is 16.7 Å². The zero-order valence-corrected chi connectivity index (χ0v) is 21.6. The maximum Gasteiger partial charge on any atom is 0.433 e. The van der Waals surface area contributed by atoms with Gasteiger partial charge in [-0.1, -0.05) is 18.2 Å². The van der Waals surface area contributed by atoms with Crippen LogP contribution in [0.15, 0.2) is 65.7 Å². The summed E-state index contributed by atoms with van der Waals surface area (Å²) in [6.07, 6.45) is -0.0364. The van der Waals surface area contributed by atoms with Gasteiger partial charge in [-0.15, -0.1) is 0 Å².